The lowest BCUT2D eigenvalue weighted by Crippen LogP contribution is -2.47. The molecule has 2 heterocycles. The number of hydrogen-bond acceptors (Lipinski definition) is 4. The van der Waals surface area contributed by atoms with E-state index in [4.69, 9.17) is 0 Å². The fourth-order valence-electron chi connectivity index (χ4n) is 4.20. The predicted octanol–water partition coefficient (Wildman–Crippen LogP) is 0.997. The highest BCUT2D eigenvalue weighted by molar-refractivity contribution is 5.79. The molecule has 1 amide bonds. The third-order valence-electron chi connectivity index (χ3n) is 5.91. The number of amides is 1. The van der Waals surface area contributed by atoms with Gasteiger partial charge in [0.1, 0.15) is 5.82 Å². The molecule has 7 heteroatoms. The highest BCUT2D eigenvalue weighted by atomic mass is 16.2. The number of aromatic nitrogens is 2. The van der Waals surface area contributed by atoms with E-state index in [9.17, 15) is 14.4 Å². The van der Waals surface area contributed by atoms with Crippen molar-refractivity contribution in [2.24, 2.45) is 25.9 Å². The number of piperidine rings is 1. The summed E-state index contributed by atoms with van der Waals surface area (Å²) in [5.74, 6) is 1.23. The number of nitrogens with zero attached hydrogens (tertiary/aromatic N) is 3. The normalized spacial score (nSPS) is 21.6. The van der Waals surface area contributed by atoms with Crippen LogP contribution in [0.15, 0.2) is 15.7 Å². The first-order valence-electron chi connectivity index (χ1n) is 9.77. The van der Waals surface area contributed by atoms with Gasteiger partial charge in [-0.2, -0.15) is 0 Å². The van der Waals surface area contributed by atoms with Crippen molar-refractivity contribution >= 4 is 11.7 Å². The van der Waals surface area contributed by atoms with Gasteiger partial charge in [0.15, 0.2) is 0 Å². The van der Waals surface area contributed by atoms with E-state index in [-0.39, 0.29) is 23.1 Å². The maximum Gasteiger partial charge on any atom is 0.332 e. The van der Waals surface area contributed by atoms with Crippen molar-refractivity contribution in [3.63, 3.8) is 0 Å². The lowest BCUT2D eigenvalue weighted by molar-refractivity contribution is -0.125. The van der Waals surface area contributed by atoms with Gasteiger partial charge in [0, 0.05) is 39.8 Å². The van der Waals surface area contributed by atoms with Gasteiger partial charge in [-0.25, -0.2) is 4.79 Å². The van der Waals surface area contributed by atoms with Crippen LogP contribution in [0.3, 0.4) is 0 Å². The van der Waals surface area contributed by atoms with Gasteiger partial charge in [0.05, 0.1) is 5.92 Å². The number of carbonyl (C=O) groups is 1. The first-order chi connectivity index (χ1) is 12.5. The van der Waals surface area contributed by atoms with Crippen molar-refractivity contribution in [3.05, 3.63) is 26.9 Å². The third kappa shape index (κ3) is 4.02. The molecule has 1 aliphatic carbocycles. The average Bonchev–Trinajstić information content (AvgIpc) is 2.68. The fourth-order valence-corrected chi connectivity index (χ4v) is 4.20. The van der Waals surface area contributed by atoms with Crippen LogP contribution in [0.1, 0.15) is 44.9 Å². The number of rotatable bonds is 4. The minimum atomic E-state index is -0.337. The van der Waals surface area contributed by atoms with E-state index >= 15 is 0 Å². The van der Waals surface area contributed by atoms with Crippen molar-refractivity contribution in [2.75, 3.05) is 24.5 Å². The molecule has 1 aliphatic heterocycles. The Kier molecular flexibility index (Phi) is 5.84. The van der Waals surface area contributed by atoms with Crippen LogP contribution < -0.4 is 21.5 Å². The third-order valence-corrected chi connectivity index (χ3v) is 5.91. The predicted molar refractivity (Wildman–Crippen MR) is 101 cm³/mol. The Morgan fingerprint density at radius 3 is 2.54 bits per heavy atom. The molecule has 1 unspecified atom stereocenters. The van der Waals surface area contributed by atoms with Gasteiger partial charge in [-0.3, -0.25) is 18.7 Å². The molecule has 1 aromatic heterocycles. The van der Waals surface area contributed by atoms with Gasteiger partial charge < -0.3 is 10.2 Å². The molecule has 3 rings (SSSR count). The smallest absolute Gasteiger partial charge is 0.332 e. The second-order valence-corrected chi connectivity index (χ2v) is 7.78. The second kappa shape index (κ2) is 8.10. The van der Waals surface area contributed by atoms with Crippen molar-refractivity contribution in [1.82, 2.24) is 14.5 Å². The van der Waals surface area contributed by atoms with Crippen molar-refractivity contribution in [1.29, 1.82) is 0 Å². The summed E-state index contributed by atoms with van der Waals surface area (Å²) in [6.07, 6.45) is 8.02. The molecule has 2 aliphatic rings. The highest BCUT2D eigenvalue weighted by Crippen LogP contribution is 2.24. The number of nitrogens with one attached hydrogen (secondary N) is 1. The van der Waals surface area contributed by atoms with Crippen LogP contribution in [0.5, 0.6) is 0 Å². The quantitative estimate of drug-likeness (QED) is 0.867. The zero-order valence-electron chi connectivity index (χ0n) is 15.9. The molecule has 0 radical (unpaired) electrons. The van der Waals surface area contributed by atoms with Crippen LogP contribution in [0.4, 0.5) is 5.82 Å². The summed E-state index contributed by atoms with van der Waals surface area (Å²) in [5, 5.41) is 3.14. The van der Waals surface area contributed by atoms with Crippen molar-refractivity contribution in [3.8, 4) is 0 Å². The SMILES string of the molecule is Cn1c(N2CCCC(C(=O)NCC3CCCCC3)C2)cc(=O)n(C)c1=O. The lowest BCUT2D eigenvalue weighted by Gasteiger charge is -2.34. The Morgan fingerprint density at radius 1 is 1.08 bits per heavy atom. The fraction of sp³-hybridized carbons (Fsp3) is 0.737. The van der Waals surface area contributed by atoms with Crippen LogP contribution in [0.25, 0.3) is 0 Å². The van der Waals surface area contributed by atoms with Crippen LogP contribution in [0, 0.1) is 11.8 Å². The van der Waals surface area contributed by atoms with E-state index in [0.29, 0.717) is 18.3 Å². The summed E-state index contributed by atoms with van der Waals surface area (Å²) in [6, 6.07) is 1.49. The van der Waals surface area contributed by atoms with Crippen LogP contribution in [-0.4, -0.2) is 34.7 Å². The summed E-state index contributed by atoms with van der Waals surface area (Å²) < 4.78 is 2.59. The minimum Gasteiger partial charge on any atom is -0.357 e. The molecule has 7 nitrogen and oxygen atoms in total. The standard InChI is InChI=1S/C19H30N4O3/c1-21-16(11-17(24)22(2)19(21)26)23-10-6-9-15(13-23)18(25)20-12-14-7-4-3-5-8-14/h11,14-15H,3-10,12-13H2,1-2H3,(H,20,25). The Hall–Kier alpha value is -2.05. The molecule has 0 aromatic carbocycles. The molecule has 26 heavy (non-hydrogen) atoms. The van der Waals surface area contributed by atoms with Gasteiger partial charge in [-0.15, -0.1) is 0 Å². The van der Waals surface area contributed by atoms with E-state index in [1.807, 2.05) is 4.90 Å². The molecule has 1 aromatic rings. The molecular formula is C19H30N4O3. The van der Waals surface area contributed by atoms with Crippen LogP contribution >= 0.6 is 0 Å². The Balaban J connectivity index is 1.65. The van der Waals surface area contributed by atoms with E-state index in [1.165, 1.54) is 49.8 Å². The molecule has 1 N–H and O–H groups in total. The maximum atomic E-state index is 12.6. The number of anilines is 1. The highest BCUT2D eigenvalue weighted by Gasteiger charge is 2.28. The van der Waals surface area contributed by atoms with Gasteiger partial charge in [-0.1, -0.05) is 19.3 Å². The van der Waals surface area contributed by atoms with E-state index in [0.717, 1.165) is 30.5 Å². The average molecular weight is 362 g/mol. The Bertz CT molecular complexity index is 761. The van der Waals surface area contributed by atoms with Gasteiger partial charge in [0.25, 0.3) is 5.56 Å². The molecule has 144 valence electrons. The maximum absolute atomic E-state index is 12.6. The van der Waals surface area contributed by atoms with E-state index in [1.54, 1.807) is 7.05 Å². The van der Waals surface area contributed by atoms with Crippen LogP contribution in [-0.2, 0) is 18.9 Å². The van der Waals surface area contributed by atoms with E-state index in [2.05, 4.69) is 5.32 Å². The Labute approximate surface area is 154 Å². The van der Waals surface area contributed by atoms with E-state index < -0.39 is 0 Å². The topological polar surface area (TPSA) is 76.3 Å². The summed E-state index contributed by atoms with van der Waals surface area (Å²) in [4.78, 5) is 38.8. The summed E-state index contributed by atoms with van der Waals surface area (Å²) in [6.45, 7) is 2.09. The van der Waals surface area contributed by atoms with Crippen molar-refractivity contribution < 1.29 is 4.79 Å². The minimum absolute atomic E-state index is 0.0912. The van der Waals surface area contributed by atoms with Crippen molar-refractivity contribution in [2.45, 2.75) is 44.9 Å². The Morgan fingerprint density at radius 2 is 1.81 bits per heavy atom. The first-order valence-corrected chi connectivity index (χ1v) is 9.77. The van der Waals surface area contributed by atoms with Crippen LogP contribution in [0.2, 0.25) is 0 Å². The van der Waals surface area contributed by atoms with Gasteiger partial charge in [0.2, 0.25) is 5.91 Å². The molecule has 1 atom stereocenters. The number of carbonyl (C=O) groups excluding carboxylic acids is 1. The zero-order chi connectivity index (χ0) is 18.7. The van der Waals surface area contributed by atoms with Gasteiger partial charge >= 0.3 is 5.69 Å². The summed E-state index contributed by atoms with van der Waals surface area (Å²) in [7, 11) is 3.15. The molecule has 1 saturated heterocycles. The molecule has 2 fully saturated rings. The second-order valence-electron chi connectivity index (χ2n) is 7.78. The first kappa shape index (κ1) is 18.7. The molecule has 0 spiro atoms. The lowest BCUT2D eigenvalue weighted by atomic mass is 9.89. The summed E-state index contributed by atoms with van der Waals surface area (Å²) in [5.41, 5.74) is -0.650. The monoisotopic (exact) mass is 362 g/mol. The molecular weight excluding hydrogens is 332 g/mol. The largest absolute Gasteiger partial charge is 0.357 e. The summed E-state index contributed by atoms with van der Waals surface area (Å²) >= 11 is 0. The number of hydrogen-bond donors (Lipinski definition) is 1. The molecule has 0 bridgehead atoms. The molecule has 1 saturated carbocycles. The van der Waals surface area contributed by atoms with Gasteiger partial charge in [-0.05, 0) is 31.6 Å². The zero-order valence-corrected chi connectivity index (χ0v) is 15.9.